The SMILES string of the molecule is CCN1C(=O)/C(=C/c2cc(OC)c(O)c(OC)c2)S/C1=N/c1nc(-c2ccccc2)cs1. The molecule has 0 atom stereocenters. The Morgan fingerprint density at radius 3 is 2.47 bits per heavy atom. The number of thiazole rings is 1. The summed E-state index contributed by atoms with van der Waals surface area (Å²) in [5, 5.41) is 13.2. The van der Waals surface area contributed by atoms with Crippen LogP contribution in [0.1, 0.15) is 12.5 Å². The summed E-state index contributed by atoms with van der Waals surface area (Å²) in [6, 6.07) is 13.2. The van der Waals surface area contributed by atoms with Crippen LogP contribution in [0.25, 0.3) is 17.3 Å². The minimum absolute atomic E-state index is 0.0852. The van der Waals surface area contributed by atoms with Crippen LogP contribution in [0.15, 0.2) is 57.7 Å². The Kier molecular flexibility index (Phi) is 6.48. The molecule has 32 heavy (non-hydrogen) atoms. The number of carbonyl (C=O) groups is 1. The molecule has 0 spiro atoms. The highest BCUT2D eigenvalue weighted by atomic mass is 32.2. The second-order valence-electron chi connectivity index (χ2n) is 6.71. The van der Waals surface area contributed by atoms with Crippen LogP contribution in [-0.4, -0.2) is 46.8 Å². The van der Waals surface area contributed by atoms with E-state index in [0.29, 0.717) is 27.3 Å². The van der Waals surface area contributed by atoms with Crippen molar-refractivity contribution >= 4 is 45.4 Å². The number of benzene rings is 2. The highest BCUT2D eigenvalue weighted by Gasteiger charge is 2.32. The van der Waals surface area contributed by atoms with Crippen LogP contribution in [0.4, 0.5) is 5.13 Å². The van der Waals surface area contributed by atoms with E-state index in [-0.39, 0.29) is 23.2 Å². The van der Waals surface area contributed by atoms with Gasteiger partial charge in [-0.3, -0.25) is 9.69 Å². The van der Waals surface area contributed by atoms with Crippen LogP contribution < -0.4 is 9.47 Å². The van der Waals surface area contributed by atoms with E-state index in [1.807, 2.05) is 42.6 Å². The van der Waals surface area contributed by atoms with Crippen LogP contribution in [0.2, 0.25) is 0 Å². The second-order valence-corrected chi connectivity index (χ2v) is 8.56. The fourth-order valence-electron chi connectivity index (χ4n) is 3.16. The number of phenols is 1. The average Bonchev–Trinajstić information content (AvgIpc) is 3.39. The zero-order valence-electron chi connectivity index (χ0n) is 17.7. The van der Waals surface area contributed by atoms with E-state index in [1.165, 1.54) is 37.3 Å². The number of rotatable bonds is 6. The number of aromatic hydroxyl groups is 1. The van der Waals surface area contributed by atoms with Crippen molar-refractivity contribution in [1.29, 1.82) is 0 Å². The van der Waals surface area contributed by atoms with Crippen molar-refractivity contribution in [3.63, 3.8) is 0 Å². The number of methoxy groups -OCH3 is 2. The molecule has 164 valence electrons. The van der Waals surface area contributed by atoms with Gasteiger partial charge in [0.2, 0.25) is 10.9 Å². The molecule has 1 aliphatic heterocycles. The third kappa shape index (κ3) is 4.35. The molecule has 0 aliphatic carbocycles. The number of ether oxygens (including phenoxy) is 2. The molecule has 1 amide bonds. The van der Waals surface area contributed by atoms with Gasteiger partial charge < -0.3 is 14.6 Å². The quantitative estimate of drug-likeness (QED) is 0.504. The third-order valence-electron chi connectivity index (χ3n) is 4.76. The first-order chi connectivity index (χ1) is 15.5. The molecule has 0 saturated carbocycles. The Balaban J connectivity index is 1.65. The number of amides is 1. The lowest BCUT2D eigenvalue weighted by molar-refractivity contribution is -0.122. The predicted octanol–water partition coefficient (Wildman–Crippen LogP) is 5.16. The number of hydrogen-bond acceptors (Lipinski definition) is 8. The highest BCUT2D eigenvalue weighted by Crippen LogP contribution is 2.40. The number of nitrogens with zero attached hydrogens (tertiary/aromatic N) is 3. The summed E-state index contributed by atoms with van der Waals surface area (Å²) >= 11 is 2.72. The molecule has 1 saturated heterocycles. The number of carbonyl (C=O) groups excluding carboxylic acids is 1. The number of aromatic nitrogens is 1. The first-order valence-electron chi connectivity index (χ1n) is 9.80. The number of likely N-dealkylation sites (N-methyl/N-ethyl adjacent to an activating group) is 1. The minimum Gasteiger partial charge on any atom is -0.502 e. The van der Waals surface area contributed by atoms with Crippen molar-refractivity contribution in [2.75, 3.05) is 20.8 Å². The number of thioether (sulfide) groups is 1. The van der Waals surface area contributed by atoms with Crippen molar-refractivity contribution in [2.45, 2.75) is 6.92 Å². The number of hydrogen-bond donors (Lipinski definition) is 1. The molecule has 0 unspecified atom stereocenters. The van der Waals surface area contributed by atoms with Gasteiger partial charge in [-0.05, 0) is 42.5 Å². The van der Waals surface area contributed by atoms with E-state index in [2.05, 4.69) is 9.98 Å². The Morgan fingerprint density at radius 1 is 1.16 bits per heavy atom. The summed E-state index contributed by atoms with van der Waals surface area (Å²) in [6.07, 6.45) is 1.74. The molecule has 0 bridgehead atoms. The van der Waals surface area contributed by atoms with E-state index in [4.69, 9.17) is 9.47 Å². The standard InChI is InChI=1S/C23H21N3O4S2/c1-4-26-21(28)19(12-14-10-17(29-2)20(27)18(11-14)30-3)32-23(26)25-22-24-16(13-31-22)15-8-6-5-7-9-15/h5-13,27H,4H2,1-3H3/b19-12-,25-23+. The first kappa shape index (κ1) is 21.9. The van der Waals surface area contributed by atoms with Crippen LogP contribution in [0.3, 0.4) is 0 Å². The van der Waals surface area contributed by atoms with Gasteiger partial charge in [0.25, 0.3) is 5.91 Å². The smallest absolute Gasteiger partial charge is 0.266 e. The van der Waals surface area contributed by atoms with Crippen molar-refractivity contribution in [3.05, 3.63) is 58.3 Å². The van der Waals surface area contributed by atoms with Gasteiger partial charge in [0, 0.05) is 17.5 Å². The second kappa shape index (κ2) is 9.46. The van der Waals surface area contributed by atoms with Crippen LogP contribution in [-0.2, 0) is 4.79 Å². The molecule has 4 rings (SSSR count). The number of amidine groups is 1. The van der Waals surface area contributed by atoms with E-state index < -0.39 is 0 Å². The monoisotopic (exact) mass is 467 g/mol. The third-order valence-corrected chi connectivity index (χ3v) is 6.50. The maximum Gasteiger partial charge on any atom is 0.266 e. The van der Waals surface area contributed by atoms with Crippen LogP contribution >= 0.6 is 23.1 Å². The molecule has 1 N–H and O–H groups in total. The van der Waals surface area contributed by atoms with Crippen molar-refractivity contribution < 1.29 is 19.4 Å². The molecule has 2 aromatic carbocycles. The van der Waals surface area contributed by atoms with Gasteiger partial charge in [-0.2, -0.15) is 4.99 Å². The fourth-order valence-corrected chi connectivity index (χ4v) is 4.95. The Morgan fingerprint density at radius 2 is 1.84 bits per heavy atom. The largest absolute Gasteiger partial charge is 0.502 e. The van der Waals surface area contributed by atoms with E-state index in [9.17, 15) is 9.90 Å². The lowest BCUT2D eigenvalue weighted by atomic mass is 10.1. The van der Waals surface area contributed by atoms with Gasteiger partial charge in [-0.1, -0.05) is 30.3 Å². The molecule has 7 nitrogen and oxygen atoms in total. The normalized spacial score (nSPS) is 16.2. The van der Waals surface area contributed by atoms with Crippen molar-refractivity contribution in [2.24, 2.45) is 4.99 Å². The van der Waals surface area contributed by atoms with Gasteiger partial charge in [-0.15, -0.1) is 11.3 Å². The number of phenolic OH excluding ortho intramolecular Hbond substituents is 1. The summed E-state index contributed by atoms with van der Waals surface area (Å²) in [7, 11) is 2.92. The molecule has 9 heteroatoms. The molecular formula is C23H21N3O4S2. The molecule has 1 aromatic heterocycles. The summed E-state index contributed by atoms with van der Waals surface area (Å²) in [4.78, 5) is 24.3. The lowest BCUT2D eigenvalue weighted by Crippen LogP contribution is -2.28. The number of aliphatic imine (C=N–C) groups is 1. The summed E-state index contributed by atoms with van der Waals surface area (Å²) < 4.78 is 10.4. The van der Waals surface area contributed by atoms with Crippen molar-refractivity contribution in [3.8, 4) is 28.5 Å². The average molecular weight is 468 g/mol. The van der Waals surface area contributed by atoms with Gasteiger partial charge >= 0.3 is 0 Å². The van der Waals surface area contributed by atoms with Gasteiger partial charge in [0.15, 0.2) is 16.7 Å². The molecule has 0 radical (unpaired) electrons. The molecule has 1 aliphatic rings. The maximum absolute atomic E-state index is 13.0. The predicted molar refractivity (Wildman–Crippen MR) is 129 cm³/mol. The van der Waals surface area contributed by atoms with E-state index >= 15 is 0 Å². The first-order valence-corrected chi connectivity index (χ1v) is 11.5. The van der Waals surface area contributed by atoms with Crippen molar-refractivity contribution in [1.82, 2.24) is 9.88 Å². The zero-order valence-corrected chi connectivity index (χ0v) is 19.4. The topological polar surface area (TPSA) is 84.2 Å². The van der Waals surface area contributed by atoms with Gasteiger partial charge in [-0.25, -0.2) is 4.98 Å². The lowest BCUT2D eigenvalue weighted by Gasteiger charge is -2.11. The van der Waals surface area contributed by atoms with E-state index in [1.54, 1.807) is 23.1 Å². The Hall–Kier alpha value is -3.30. The van der Waals surface area contributed by atoms with Crippen LogP contribution in [0.5, 0.6) is 17.2 Å². The minimum atomic E-state index is -0.137. The fraction of sp³-hybridized carbons (Fsp3) is 0.174. The van der Waals surface area contributed by atoms with E-state index in [0.717, 1.165) is 11.3 Å². The summed E-state index contributed by atoms with van der Waals surface area (Å²) in [6.45, 7) is 2.39. The summed E-state index contributed by atoms with van der Waals surface area (Å²) in [5.74, 6) is 0.313. The zero-order chi connectivity index (χ0) is 22.7. The van der Waals surface area contributed by atoms with Gasteiger partial charge in [0.1, 0.15) is 0 Å². The maximum atomic E-state index is 13.0. The molecule has 1 fully saturated rings. The molecule has 2 heterocycles. The summed E-state index contributed by atoms with van der Waals surface area (Å²) in [5.41, 5.74) is 2.55. The molecular weight excluding hydrogens is 446 g/mol. The highest BCUT2D eigenvalue weighted by molar-refractivity contribution is 8.18. The Labute approximate surface area is 194 Å². The Bertz CT molecular complexity index is 1180. The van der Waals surface area contributed by atoms with Gasteiger partial charge in [0.05, 0.1) is 24.8 Å². The molecule has 3 aromatic rings. The van der Waals surface area contributed by atoms with Crippen LogP contribution in [0, 0.1) is 0 Å².